The molecule has 2 aromatic heterocycles. The van der Waals surface area contributed by atoms with Crippen molar-refractivity contribution in [3.63, 3.8) is 0 Å². The summed E-state index contributed by atoms with van der Waals surface area (Å²) in [6, 6.07) is 55.5. The fourth-order valence-corrected chi connectivity index (χ4v) is 6.93. The second-order valence-electron chi connectivity index (χ2n) is 11.5. The van der Waals surface area contributed by atoms with Crippen LogP contribution in [0.25, 0.3) is 82.8 Å². The van der Waals surface area contributed by atoms with Crippen LogP contribution in [-0.4, -0.2) is 4.57 Å². The Bertz CT molecular complexity index is 2540. The number of nitrogens with zero attached hydrogens (tertiary/aromatic N) is 1. The van der Waals surface area contributed by atoms with Crippen molar-refractivity contribution in [3.05, 3.63) is 163 Å². The summed E-state index contributed by atoms with van der Waals surface area (Å²) in [7, 11) is 0. The largest absolute Gasteiger partial charge is 0.456 e. The van der Waals surface area contributed by atoms with E-state index < -0.39 is 0 Å². The van der Waals surface area contributed by atoms with Crippen molar-refractivity contribution in [1.29, 1.82) is 0 Å². The van der Waals surface area contributed by atoms with Gasteiger partial charge < -0.3 is 8.98 Å². The number of hydrogen-bond acceptors (Lipinski definition) is 1. The van der Waals surface area contributed by atoms with Crippen LogP contribution in [0, 0.1) is 0 Å². The molecule has 0 aliphatic heterocycles. The highest BCUT2D eigenvalue weighted by molar-refractivity contribution is 6.31. The van der Waals surface area contributed by atoms with Crippen molar-refractivity contribution in [2.45, 2.75) is 0 Å². The van der Waals surface area contributed by atoms with E-state index in [4.69, 9.17) is 16.0 Å². The van der Waals surface area contributed by atoms with Crippen molar-refractivity contribution in [2.75, 3.05) is 0 Å². The third-order valence-corrected chi connectivity index (χ3v) is 9.05. The summed E-state index contributed by atoms with van der Waals surface area (Å²) in [5.41, 5.74) is 12.0. The molecule has 2 heterocycles. The van der Waals surface area contributed by atoms with Gasteiger partial charge in [0.05, 0.1) is 11.0 Å². The second-order valence-corrected chi connectivity index (χ2v) is 12.0. The van der Waals surface area contributed by atoms with Crippen LogP contribution in [0.15, 0.2) is 162 Å². The smallest absolute Gasteiger partial charge is 0.136 e. The van der Waals surface area contributed by atoms with E-state index in [9.17, 15) is 0 Å². The van der Waals surface area contributed by atoms with Crippen LogP contribution < -0.4 is 0 Å². The molecule has 0 amide bonds. The van der Waals surface area contributed by atoms with Gasteiger partial charge in [-0.2, -0.15) is 0 Å². The van der Waals surface area contributed by atoms with Gasteiger partial charge in [-0.1, -0.05) is 103 Å². The van der Waals surface area contributed by atoms with Gasteiger partial charge in [-0.15, -0.1) is 0 Å². The lowest BCUT2D eigenvalue weighted by Gasteiger charge is -2.09. The normalized spacial score (nSPS) is 11.7. The Morgan fingerprint density at radius 3 is 1.82 bits per heavy atom. The Morgan fingerprint density at radius 1 is 0.378 bits per heavy atom. The second kappa shape index (κ2) is 10.3. The number of benzene rings is 7. The Kier molecular flexibility index (Phi) is 5.90. The van der Waals surface area contributed by atoms with Gasteiger partial charge in [-0.05, 0) is 100 Å². The number of para-hydroxylation sites is 2. The van der Waals surface area contributed by atoms with E-state index in [2.05, 4.69) is 132 Å². The molecule has 0 bridgehead atoms. The summed E-state index contributed by atoms with van der Waals surface area (Å²) in [5, 5.41) is 5.42. The van der Waals surface area contributed by atoms with Crippen molar-refractivity contribution in [3.8, 4) is 39.1 Å². The average Bonchev–Trinajstić information content (AvgIpc) is 3.63. The highest BCUT2D eigenvalue weighted by atomic mass is 35.5. The molecule has 0 saturated carbocycles. The molecule has 9 rings (SSSR count). The first-order valence-corrected chi connectivity index (χ1v) is 15.5. The summed E-state index contributed by atoms with van der Waals surface area (Å²) in [4.78, 5) is 0. The lowest BCUT2D eigenvalue weighted by molar-refractivity contribution is 0.669. The first-order chi connectivity index (χ1) is 22.2. The standard InChI is InChI=1S/C42H26ClNO/c43-33-22-31(27-9-3-1-4-10-27)21-32(23-33)30-16-19-37-38-24-28(17-20-41(38)45-42(37)26-30)29-15-18-36-35-13-7-8-14-39(35)44(40(36)25-29)34-11-5-2-6-12-34/h1-26H. The molecule has 212 valence electrons. The van der Waals surface area contributed by atoms with Crippen molar-refractivity contribution in [1.82, 2.24) is 4.57 Å². The monoisotopic (exact) mass is 595 g/mol. The highest BCUT2D eigenvalue weighted by Gasteiger charge is 2.15. The van der Waals surface area contributed by atoms with Gasteiger partial charge in [0, 0.05) is 32.3 Å². The van der Waals surface area contributed by atoms with Crippen molar-refractivity contribution >= 4 is 55.3 Å². The van der Waals surface area contributed by atoms with Crippen LogP contribution in [0.5, 0.6) is 0 Å². The Morgan fingerprint density at radius 2 is 1.00 bits per heavy atom. The van der Waals surface area contributed by atoms with E-state index in [0.717, 1.165) is 55.4 Å². The average molecular weight is 596 g/mol. The van der Waals surface area contributed by atoms with E-state index >= 15 is 0 Å². The predicted molar refractivity (Wildman–Crippen MR) is 189 cm³/mol. The van der Waals surface area contributed by atoms with Crippen molar-refractivity contribution in [2.24, 2.45) is 0 Å². The summed E-state index contributed by atoms with van der Waals surface area (Å²) in [6.07, 6.45) is 0. The van der Waals surface area contributed by atoms with Gasteiger partial charge in [0.15, 0.2) is 0 Å². The van der Waals surface area contributed by atoms with Gasteiger partial charge in [0.1, 0.15) is 11.2 Å². The molecular formula is C42H26ClNO. The summed E-state index contributed by atoms with van der Waals surface area (Å²) in [5.74, 6) is 0. The van der Waals surface area contributed by atoms with E-state index in [1.165, 1.54) is 27.4 Å². The molecule has 0 aliphatic rings. The molecule has 0 aliphatic carbocycles. The number of aromatic nitrogens is 1. The molecular weight excluding hydrogens is 570 g/mol. The molecule has 0 unspecified atom stereocenters. The fraction of sp³-hybridized carbons (Fsp3) is 0. The highest BCUT2D eigenvalue weighted by Crippen LogP contribution is 2.38. The molecule has 7 aromatic carbocycles. The van der Waals surface area contributed by atoms with Crippen LogP contribution in [0.3, 0.4) is 0 Å². The topological polar surface area (TPSA) is 18.1 Å². The van der Waals surface area contributed by atoms with Crippen LogP contribution >= 0.6 is 11.6 Å². The molecule has 3 heteroatoms. The van der Waals surface area contributed by atoms with Crippen LogP contribution in [0.4, 0.5) is 0 Å². The molecule has 0 saturated heterocycles. The van der Waals surface area contributed by atoms with Gasteiger partial charge in [-0.3, -0.25) is 0 Å². The zero-order chi connectivity index (χ0) is 29.9. The zero-order valence-corrected chi connectivity index (χ0v) is 25.0. The first-order valence-electron chi connectivity index (χ1n) is 15.1. The molecule has 0 fully saturated rings. The van der Waals surface area contributed by atoms with Gasteiger partial charge in [0.2, 0.25) is 0 Å². The number of furan rings is 1. The quantitative estimate of drug-likeness (QED) is 0.198. The summed E-state index contributed by atoms with van der Waals surface area (Å²) in [6.45, 7) is 0. The van der Waals surface area contributed by atoms with Gasteiger partial charge in [0.25, 0.3) is 0 Å². The van der Waals surface area contributed by atoms with Gasteiger partial charge in [-0.25, -0.2) is 0 Å². The fourth-order valence-electron chi connectivity index (χ4n) is 6.70. The zero-order valence-electron chi connectivity index (χ0n) is 24.2. The van der Waals surface area contributed by atoms with Crippen LogP contribution in [0.2, 0.25) is 5.02 Å². The maximum atomic E-state index is 6.59. The molecule has 2 nitrogen and oxygen atoms in total. The lowest BCUT2D eigenvalue weighted by Crippen LogP contribution is -1.93. The first kappa shape index (κ1) is 25.9. The molecule has 0 radical (unpaired) electrons. The molecule has 45 heavy (non-hydrogen) atoms. The summed E-state index contributed by atoms with van der Waals surface area (Å²) >= 11 is 6.59. The minimum Gasteiger partial charge on any atom is -0.456 e. The van der Waals surface area contributed by atoms with Gasteiger partial charge >= 0.3 is 0 Å². The Labute approximate surface area is 265 Å². The Balaban J connectivity index is 1.15. The molecule has 0 spiro atoms. The number of rotatable bonds is 4. The van der Waals surface area contributed by atoms with Crippen LogP contribution in [-0.2, 0) is 0 Å². The SMILES string of the molecule is Clc1cc(-c2ccccc2)cc(-c2ccc3c(c2)oc2ccc(-c4ccc5c6ccccc6n(-c6ccccc6)c5c4)cc23)c1. The minimum atomic E-state index is 0.712. The van der Waals surface area contributed by atoms with E-state index in [1.807, 2.05) is 30.3 Å². The third kappa shape index (κ3) is 4.34. The van der Waals surface area contributed by atoms with E-state index in [-0.39, 0.29) is 0 Å². The molecule has 0 N–H and O–H groups in total. The number of hydrogen-bond donors (Lipinski definition) is 0. The van der Waals surface area contributed by atoms with Crippen molar-refractivity contribution < 1.29 is 4.42 Å². The van der Waals surface area contributed by atoms with E-state index in [1.54, 1.807) is 0 Å². The number of fused-ring (bicyclic) bond motifs is 6. The van der Waals surface area contributed by atoms with Crippen LogP contribution in [0.1, 0.15) is 0 Å². The third-order valence-electron chi connectivity index (χ3n) is 8.83. The summed E-state index contributed by atoms with van der Waals surface area (Å²) < 4.78 is 8.76. The predicted octanol–water partition coefficient (Wildman–Crippen LogP) is 12.3. The lowest BCUT2D eigenvalue weighted by atomic mass is 9.97. The minimum absolute atomic E-state index is 0.712. The number of halogens is 1. The Hall–Kier alpha value is -5.57. The maximum Gasteiger partial charge on any atom is 0.136 e. The molecule has 0 atom stereocenters. The van der Waals surface area contributed by atoms with E-state index in [0.29, 0.717) is 5.02 Å². The molecule has 9 aromatic rings. The maximum absolute atomic E-state index is 6.59.